The largest absolute Gasteiger partial charge is 0.480 e. The van der Waals surface area contributed by atoms with Gasteiger partial charge in [-0.2, -0.15) is 0 Å². The minimum absolute atomic E-state index is 0.170. The lowest BCUT2D eigenvalue weighted by Gasteiger charge is -2.11. The van der Waals surface area contributed by atoms with Crippen LogP contribution in [0.4, 0.5) is 0 Å². The Morgan fingerprint density at radius 1 is 1.58 bits per heavy atom. The van der Waals surface area contributed by atoms with E-state index in [1.54, 1.807) is 6.92 Å². The highest BCUT2D eigenvalue weighted by Crippen LogP contribution is 1.91. The van der Waals surface area contributed by atoms with E-state index < -0.39 is 12.0 Å². The van der Waals surface area contributed by atoms with Gasteiger partial charge in [0, 0.05) is 13.0 Å². The van der Waals surface area contributed by atoms with Gasteiger partial charge in [0.15, 0.2) is 0 Å². The molecule has 4 N–H and O–H groups in total. The number of aliphatic carboxylic acids is 1. The molecule has 70 valence electrons. The molecule has 0 saturated carbocycles. The molecule has 12 heavy (non-hydrogen) atoms. The summed E-state index contributed by atoms with van der Waals surface area (Å²) in [6.07, 6.45) is 0.551. The molecule has 0 saturated heterocycles. The first-order chi connectivity index (χ1) is 5.61. The Balaban J connectivity index is 3.85. The third-order valence-corrected chi connectivity index (χ3v) is 1.41. The molecule has 0 heterocycles. The van der Waals surface area contributed by atoms with E-state index in [2.05, 4.69) is 5.32 Å². The summed E-state index contributed by atoms with van der Waals surface area (Å²) in [5, 5.41) is 10.9. The standard InChI is InChI=1S/C7H14N2O3/c1-2-5(7(11)12)9-6(10)3-4-8/h5H,2-4,8H2,1H3,(H,9,10)(H,11,12). The lowest BCUT2D eigenvalue weighted by Crippen LogP contribution is -2.40. The van der Waals surface area contributed by atoms with Gasteiger partial charge < -0.3 is 16.2 Å². The van der Waals surface area contributed by atoms with Gasteiger partial charge in [-0.3, -0.25) is 4.79 Å². The van der Waals surface area contributed by atoms with Crippen LogP contribution < -0.4 is 11.1 Å². The smallest absolute Gasteiger partial charge is 0.326 e. The third kappa shape index (κ3) is 3.92. The average Bonchev–Trinajstić information content (AvgIpc) is 2.00. The van der Waals surface area contributed by atoms with Crippen LogP contribution in [-0.2, 0) is 9.59 Å². The van der Waals surface area contributed by atoms with E-state index in [0.717, 1.165) is 0 Å². The van der Waals surface area contributed by atoms with Crippen LogP contribution >= 0.6 is 0 Å². The second kappa shape index (κ2) is 5.54. The molecular weight excluding hydrogens is 160 g/mol. The molecule has 1 atom stereocenters. The maximum Gasteiger partial charge on any atom is 0.326 e. The number of amides is 1. The van der Waals surface area contributed by atoms with Crippen LogP contribution in [0, 0.1) is 0 Å². The number of carbonyl (C=O) groups is 2. The molecule has 0 aromatic carbocycles. The zero-order chi connectivity index (χ0) is 9.56. The van der Waals surface area contributed by atoms with Crippen molar-refractivity contribution in [3.05, 3.63) is 0 Å². The van der Waals surface area contributed by atoms with E-state index in [1.807, 2.05) is 0 Å². The fourth-order valence-corrected chi connectivity index (χ4v) is 0.736. The summed E-state index contributed by atoms with van der Waals surface area (Å²) in [5.74, 6) is -1.32. The highest BCUT2D eigenvalue weighted by atomic mass is 16.4. The first kappa shape index (κ1) is 10.9. The number of carbonyl (C=O) groups excluding carboxylic acids is 1. The predicted molar refractivity (Wildman–Crippen MR) is 43.5 cm³/mol. The first-order valence-electron chi connectivity index (χ1n) is 3.84. The Morgan fingerprint density at radius 3 is 2.50 bits per heavy atom. The molecule has 0 aromatic heterocycles. The zero-order valence-electron chi connectivity index (χ0n) is 7.04. The van der Waals surface area contributed by atoms with Crippen molar-refractivity contribution in [1.29, 1.82) is 0 Å². The van der Waals surface area contributed by atoms with Crippen molar-refractivity contribution >= 4 is 11.9 Å². The minimum Gasteiger partial charge on any atom is -0.480 e. The Kier molecular flexibility index (Phi) is 5.03. The van der Waals surface area contributed by atoms with Crippen molar-refractivity contribution in [3.63, 3.8) is 0 Å². The van der Waals surface area contributed by atoms with Gasteiger partial charge in [0.25, 0.3) is 0 Å². The van der Waals surface area contributed by atoms with Gasteiger partial charge in [-0.05, 0) is 6.42 Å². The van der Waals surface area contributed by atoms with E-state index >= 15 is 0 Å². The normalized spacial score (nSPS) is 12.2. The van der Waals surface area contributed by atoms with Crippen LogP contribution in [0.2, 0.25) is 0 Å². The van der Waals surface area contributed by atoms with Gasteiger partial charge in [0.2, 0.25) is 5.91 Å². The zero-order valence-corrected chi connectivity index (χ0v) is 7.04. The Morgan fingerprint density at radius 2 is 2.17 bits per heavy atom. The first-order valence-corrected chi connectivity index (χ1v) is 3.84. The van der Waals surface area contributed by atoms with Crippen molar-refractivity contribution in [2.75, 3.05) is 6.54 Å². The molecule has 0 aliphatic rings. The van der Waals surface area contributed by atoms with E-state index in [0.29, 0.717) is 6.42 Å². The van der Waals surface area contributed by atoms with Crippen LogP contribution in [0.1, 0.15) is 19.8 Å². The quantitative estimate of drug-likeness (QED) is 0.514. The van der Waals surface area contributed by atoms with Crippen LogP contribution in [0.25, 0.3) is 0 Å². The maximum atomic E-state index is 10.9. The molecule has 0 aliphatic carbocycles. The highest BCUT2D eigenvalue weighted by molar-refractivity contribution is 5.83. The van der Waals surface area contributed by atoms with Gasteiger partial charge in [-0.1, -0.05) is 6.92 Å². The number of carboxylic acids is 1. The van der Waals surface area contributed by atoms with Crippen LogP contribution in [0.15, 0.2) is 0 Å². The molecule has 5 heteroatoms. The minimum atomic E-state index is -1.01. The maximum absolute atomic E-state index is 10.9. The number of hydrogen-bond donors (Lipinski definition) is 3. The van der Waals surface area contributed by atoms with Crippen molar-refractivity contribution < 1.29 is 14.7 Å². The summed E-state index contributed by atoms with van der Waals surface area (Å²) in [5.41, 5.74) is 5.11. The van der Waals surface area contributed by atoms with E-state index in [9.17, 15) is 9.59 Å². The summed E-state index contributed by atoms with van der Waals surface area (Å²) in [7, 11) is 0. The molecular formula is C7H14N2O3. The van der Waals surface area contributed by atoms with Gasteiger partial charge in [0.1, 0.15) is 6.04 Å². The van der Waals surface area contributed by atoms with Gasteiger partial charge in [-0.15, -0.1) is 0 Å². The Labute approximate surface area is 70.9 Å². The number of hydrogen-bond acceptors (Lipinski definition) is 3. The summed E-state index contributed by atoms with van der Waals surface area (Å²) in [6, 6.07) is -0.788. The number of nitrogens with one attached hydrogen (secondary N) is 1. The van der Waals surface area contributed by atoms with Crippen LogP contribution in [0.5, 0.6) is 0 Å². The van der Waals surface area contributed by atoms with Crippen LogP contribution in [-0.4, -0.2) is 29.6 Å². The second-order valence-electron chi connectivity index (χ2n) is 2.41. The third-order valence-electron chi connectivity index (χ3n) is 1.41. The fourth-order valence-electron chi connectivity index (χ4n) is 0.736. The highest BCUT2D eigenvalue weighted by Gasteiger charge is 2.16. The SMILES string of the molecule is CCC(NC(=O)CCN)C(=O)O. The monoisotopic (exact) mass is 174 g/mol. The van der Waals surface area contributed by atoms with Gasteiger partial charge in [0.05, 0.1) is 0 Å². The Hall–Kier alpha value is -1.10. The number of carboxylic acid groups (broad SMARTS) is 1. The van der Waals surface area contributed by atoms with Crippen molar-refractivity contribution in [3.8, 4) is 0 Å². The molecule has 0 aliphatic heterocycles. The molecule has 0 fully saturated rings. The predicted octanol–water partition coefficient (Wildman–Crippen LogP) is -0.685. The van der Waals surface area contributed by atoms with E-state index in [-0.39, 0.29) is 18.9 Å². The number of nitrogens with two attached hydrogens (primary N) is 1. The molecule has 0 rings (SSSR count). The summed E-state index contributed by atoms with van der Waals surface area (Å²) in [6.45, 7) is 1.93. The van der Waals surface area contributed by atoms with E-state index in [1.165, 1.54) is 0 Å². The molecule has 1 amide bonds. The molecule has 0 aromatic rings. The Bertz CT molecular complexity index is 170. The number of rotatable bonds is 5. The molecule has 5 nitrogen and oxygen atoms in total. The summed E-state index contributed by atoms with van der Waals surface area (Å²) < 4.78 is 0. The molecule has 1 unspecified atom stereocenters. The van der Waals surface area contributed by atoms with Crippen molar-refractivity contribution in [2.45, 2.75) is 25.8 Å². The fraction of sp³-hybridized carbons (Fsp3) is 0.714. The van der Waals surface area contributed by atoms with Crippen molar-refractivity contribution in [1.82, 2.24) is 5.32 Å². The summed E-state index contributed by atoms with van der Waals surface area (Å²) in [4.78, 5) is 21.3. The second-order valence-corrected chi connectivity index (χ2v) is 2.41. The average molecular weight is 174 g/mol. The lowest BCUT2D eigenvalue weighted by atomic mass is 10.2. The van der Waals surface area contributed by atoms with Gasteiger partial charge in [-0.25, -0.2) is 4.79 Å². The van der Waals surface area contributed by atoms with Gasteiger partial charge >= 0.3 is 5.97 Å². The van der Waals surface area contributed by atoms with Crippen LogP contribution in [0.3, 0.4) is 0 Å². The molecule has 0 bridgehead atoms. The lowest BCUT2D eigenvalue weighted by molar-refractivity contribution is -0.141. The van der Waals surface area contributed by atoms with E-state index in [4.69, 9.17) is 10.8 Å². The van der Waals surface area contributed by atoms with Crippen molar-refractivity contribution in [2.24, 2.45) is 5.73 Å². The topological polar surface area (TPSA) is 92.4 Å². The molecule has 0 radical (unpaired) electrons. The molecule has 0 spiro atoms. The summed E-state index contributed by atoms with van der Waals surface area (Å²) >= 11 is 0.